The highest BCUT2D eigenvalue weighted by Gasteiger charge is 2.13. The number of aromatic nitrogens is 1. The van der Waals surface area contributed by atoms with Crippen LogP contribution in [0.3, 0.4) is 0 Å². The SMILES string of the molecule is CCCCCCc1ccc2c(c1)cc(-c1ccc(C=Cc3ccccc3)cc1Br)n2CC. The van der Waals surface area contributed by atoms with Gasteiger partial charge in [-0.15, -0.1) is 0 Å². The van der Waals surface area contributed by atoms with Crippen LogP contribution in [-0.4, -0.2) is 4.57 Å². The van der Waals surface area contributed by atoms with E-state index >= 15 is 0 Å². The predicted octanol–water partition coefficient (Wildman–Crippen LogP) is 9.38. The van der Waals surface area contributed by atoms with Crippen LogP contribution in [0.25, 0.3) is 34.3 Å². The molecule has 1 heterocycles. The Morgan fingerprint density at radius 1 is 0.781 bits per heavy atom. The molecular weight excluding hydrogens is 454 g/mol. The second-order valence-electron chi connectivity index (χ2n) is 8.46. The lowest BCUT2D eigenvalue weighted by Crippen LogP contribution is -1.97. The van der Waals surface area contributed by atoms with Gasteiger partial charge in [0, 0.05) is 27.5 Å². The lowest BCUT2D eigenvalue weighted by Gasteiger charge is -2.11. The maximum absolute atomic E-state index is 3.85. The second kappa shape index (κ2) is 10.8. The number of halogens is 1. The Hall–Kier alpha value is -2.58. The van der Waals surface area contributed by atoms with E-state index < -0.39 is 0 Å². The number of hydrogen-bond donors (Lipinski definition) is 0. The minimum Gasteiger partial charge on any atom is -0.341 e. The van der Waals surface area contributed by atoms with Crippen LogP contribution >= 0.6 is 15.9 Å². The van der Waals surface area contributed by atoms with Crippen molar-refractivity contribution in [1.29, 1.82) is 0 Å². The fourth-order valence-electron chi connectivity index (χ4n) is 4.39. The average Bonchev–Trinajstić information content (AvgIpc) is 3.18. The zero-order chi connectivity index (χ0) is 22.3. The summed E-state index contributed by atoms with van der Waals surface area (Å²) in [7, 11) is 0. The summed E-state index contributed by atoms with van der Waals surface area (Å²) >= 11 is 3.85. The van der Waals surface area contributed by atoms with E-state index in [0.29, 0.717) is 0 Å². The molecular formula is C30H32BrN. The summed E-state index contributed by atoms with van der Waals surface area (Å²) in [5, 5.41) is 1.34. The van der Waals surface area contributed by atoms with Crippen LogP contribution in [-0.2, 0) is 13.0 Å². The van der Waals surface area contributed by atoms with E-state index in [0.717, 1.165) is 11.0 Å². The summed E-state index contributed by atoms with van der Waals surface area (Å²) in [6.07, 6.45) is 10.7. The Balaban J connectivity index is 1.61. The molecule has 4 aromatic rings. The highest BCUT2D eigenvalue weighted by molar-refractivity contribution is 9.10. The molecule has 0 spiro atoms. The Morgan fingerprint density at radius 3 is 2.34 bits per heavy atom. The molecule has 32 heavy (non-hydrogen) atoms. The van der Waals surface area contributed by atoms with Crippen LogP contribution in [0.5, 0.6) is 0 Å². The zero-order valence-electron chi connectivity index (χ0n) is 19.2. The Bertz CT molecular complexity index is 1200. The standard InChI is InChI=1S/C30H32BrN/c1-3-5-6-8-13-24-17-19-29-26(20-24)22-30(32(29)4-2)27-18-16-25(21-28(27)31)15-14-23-11-9-7-10-12-23/h7,9-12,14-22H,3-6,8,13H2,1-2H3. The average molecular weight is 486 g/mol. The number of benzene rings is 3. The van der Waals surface area contributed by atoms with Gasteiger partial charge in [-0.1, -0.05) is 103 Å². The molecule has 0 saturated heterocycles. The molecule has 0 bridgehead atoms. The molecule has 0 atom stereocenters. The molecule has 2 heteroatoms. The normalized spacial score (nSPS) is 11.6. The molecule has 0 radical (unpaired) electrons. The van der Waals surface area contributed by atoms with Crippen molar-refractivity contribution in [3.8, 4) is 11.3 Å². The van der Waals surface area contributed by atoms with E-state index in [4.69, 9.17) is 0 Å². The second-order valence-corrected chi connectivity index (χ2v) is 9.32. The first-order valence-corrected chi connectivity index (χ1v) is 12.6. The lowest BCUT2D eigenvalue weighted by atomic mass is 10.0. The minimum absolute atomic E-state index is 0.955. The van der Waals surface area contributed by atoms with E-state index in [1.807, 2.05) is 6.07 Å². The van der Waals surface area contributed by atoms with Gasteiger partial charge in [-0.2, -0.15) is 0 Å². The first-order chi connectivity index (χ1) is 15.7. The van der Waals surface area contributed by atoms with Crippen molar-refractivity contribution >= 4 is 39.0 Å². The molecule has 1 aromatic heterocycles. The summed E-state index contributed by atoms with van der Waals surface area (Å²) in [5.74, 6) is 0. The van der Waals surface area contributed by atoms with Gasteiger partial charge >= 0.3 is 0 Å². The van der Waals surface area contributed by atoms with Crippen molar-refractivity contribution in [2.75, 3.05) is 0 Å². The van der Waals surface area contributed by atoms with Crippen molar-refractivity contribution < 1.29 is 0 Å². The van der Waals surface area contributed by atoms with Gasteiger partial charge < -0.3 is 4.57 Å². The molecule has 1 nitrogen and oxygen atoms in total. The Kier molecular flexibility index (Phi) is 7.65. The van der Waals surface area contributed by atoms with Gasteiger partial charge in [-0.3, -0.25) is 0 Å². The monoisotopic (exact) mass is 485 g/mol. The number of unbranched alkanes of at least 4 members (excludes halogenated alkanes) is 3. The highest BCUT2D eigenvalue weighted by atomic mass is 79.9. The number of nitrogens with zero attached hydrogens (tertiary/aromatic N) is 1. The Morgan fingerprint density at radius 2 is 1.59 bits per heavy atom. The molecule has 3 aromatic carbocycles. The number of fused-ring (bicyclic) bond motifs is 1. The summed E-state index contributed by atoms with van der Waals surface area (Å²) in [6, 6.07) is 26.5. The van der Waals surface area contributed by atoms with Gasteiger partial charge in [0.15, 0.2) is 0 Å². The topological polar surface area (TPSA) is 4.93 Å². The van der Waals surface area contributed by atoms with Crippen molar-refractivity contribution in [1.82, 2.24) is 4.57 Å². The van der Waals surface area contributed by atoms with Crippen molar-refractivity contribution in [2.45, 2.75) is 52.5 Å². The number of aryl methyl sites for hydroxylation is 2. The van der Waals surface area contributed by atoms with E-state index in [1.165, 1.54) is 71.0 Å². The summed E-state index contributed by atoms with van der Waals surface area (Å²) in [4.78, 5) is 0. The van der Waals surface area contributed by atoms with E-state index in [9.17, 15) is 0 Å². The maximum atomic E-state index is 3.85. The van der Waals surface area contributed by atoms with Gasteiger partial charge in [-0.25, -0.2) is 0 Å². The molecule has 0 fully saturated rings. The van der Waals surface area contributed by atoms with E-state index in [1.54, 1.807) is 0 Å². The largest absolute Gasteiger partial charge is 0.341 e. The third-order valence-corrected chi connectivity index (χ3v) is 6.79. The minimum atomic E-state index is 0.955. The summed E-state index contributed by atoms with van der Waals surface area (Å²) in [6.45, 7) is 5.45. The van der Waals surface area contributed by atoms with Crippen LogP contribution in [0.2, 0.25) is 0 Å². The van der Waals surface area contributed by atoms with Gasteiger partial charge in [-0.05, 0) is 60.7 Å². The van der Waals surface area contributed by atoms with Crippen LogP contribution < -0.4 is 0 Å². The molecule has 4 rings (SSSR count). The Labute approximate surface area is 200 Å². The number of hydrogen-bond acceptors (Lipinski definition) is 0. The first kappa shape index (κ1) is 22.6. The van der Waals surface area contributed by atoms with Crippen LogP contribution in [0.1, 0.15) is 56.2 Å². The van der Waals surface area contributed by atoms with Crippen LogP contribution in [0.15, 0.2) is 77.3 Å². The van der Waals surface area contributed by atoms with E-state index in [2.05, 4.69) is 113 Å². The summed E-state index contributed by atoms with van der Waals surface area (Å²) in [5.41, 5.74) is 7.69. The fraction of sp³-hybridized carbons (Fsp3) is 0.267. The molecule has 0 amide bonds. The first-order valence-electron chi connectivity index (χ1n) is 11.8. The van der Waals surface area contributed by atoms with Gasteiger partial charge in [0.25, 0.3) is 0 Å². The van der Waals surface area contributed by atoms with Crippen molar-refractivity contribution in [3.63, 3.8) is 0 Å². The quantitative estimate of drug-likeness (QED) is 0.164. The van der Waals surface area contributed by atoms with Gasteiger partial charge in [0.05, 0.1) is 5.69 Å². The predicted molar refractivity (Wildman–Crippen MR) is 144 cm³/mol. The van der Waals surface area contributed by atoms with Crippen molar-refractivity contribution in [2.24, 2.45) is 0 Å². The molecule has 0 saturated carbocycles. The zero-order valence-corrected chi connectivity index (χ0v) is 20.7. The lowest BCUT2D eigenvalue weighted by molar-refractivity contribution is 0.667. The molecule has 0 aliphatic heterocycles. The highest BCUT2D eigenvalue weighted by Crippen LogP contribution is 2.34. The molecule has 0 unspecified atom stereocenters. The maximum Gasteiger partial charge on any atom is 0.0502 e. The molecule has 0 N–H and O–H groups in total. The summed E-state index contributed by atoms with van der Waals surface area (Å²) < 4.78 is 3.56. The van der Waals surface area contributed by atoms with Gasteiger partial charge in [0.2, 0.25) is 0 Å². The van der Waals surface area contributed by atoms with Crippen LogP contribution in [0, 0.1) is 0 Å². The van der Waals surface area contributed by atoms with Crippen molar-refractivity contribution in [3.05, 3.63) is 94.0 Å². The van der Waals surface area contributed by atoms with E-state index in [-0.39, 0.29) is 0 Å². The molecule has 0 aliphatic rings. The fourth-order valence-corrected chi connectivity index (χ4v) is 4.99. The number of rotatable bonds is 9. The van der Waals surface area contributed by atoms with Crippen LogP contribution in [0.4, 0.5) is 0 Å². The third kappa shape index (κ3) is 5.24. The molecule has 0 aliphatic carbocycles. The third-order valence-electron chi connectivity index (χ3n) is 6.14. The molecule has 164 valence electrons. The van der Waals surface area contributed by atoms with Gasteiger partial charge in [0.1, 0.15) is 0 Å². The smallest absolute Gasteiger partial charge is 0.0502 e.